The molecule has 0 N–H and O–H groups in total. The first kappa shape index (κ1) is 18.8. The minimum atomic E-state index is -0.633. The fourth-order valence-electron chi connectivity index (χ4n) is 2.74. The largest absolute Gasteiger partial charge is 0.451 e. The highest BCUT2D eigenvalue weighted by Gasteiger charge is 2.19. The average molecular weight is 370 g/mol. The van der Waals surface area contributed by atoms with E-state index in [1.54, 1.807) is 24.3 Å². The molecule has 0 aliphatic carbocycles. The topological polar surface area (TPSA) is 100 Å². The zero-order valence-electron chi connectivity index (χ0n) is 15.5. The molecule has 0 spiro atoms. The molecule has 8 nitrogen and oxygen atoms in total. The summed E-state index contributed by atoms with van der Waals surface area (Å²) in [5.74, 6) is 0.140. The van der Waals surface area contributed by atoms with Crippen LogP contribution in [0.4, 0.5) is 0 Å². The third kappa shape index (κ3) is 4.21. The number of nitrogens with zero attached hydrogens (tertiary/aromatic N) is 4. The van der Waals surface area contributed by atoms with E-state index in [9.17, 15) is 9.59 Å². The number of aromatic nitrogens is 4. The quantitative estimate of drug-likeness (QED) is 0.444. The number of esters is 1. The third-order valence-electron chi connectivity index (χ3n) is 4.19. The first-order valence-electron chi connectivity index (χ1n) is 9.12. The average Bonchev–Trinajstić information content (AvgIpc) is 3.16. The molecule has 0 bridgehead atoms. The van der Waals surface area contributed by atoms with Crippen LogP contribution in [0.15, 0.2) is 33.6 Å². The molecule has 0 saturated heterocycles. The van der Waals surface area contributed by atoms with Gasteiger partial charge in [-0.15, -0.1) is 0 Å². The molecular formula is C19H22N4O4. The number of hydrogen-bond donors (Lipinski definition) is 0. The molecule has 142 valence electrons. The summed E-state index contributed by atoms with van der Waals surface area (Å²) in [6, 6.07) is 6.91. The van der Waals surface area contributed by atoms with Crippen LogP contribution in [0.1, 0.15) is 55.3 Å². The van der Waals surface area contributed by atoms with Crippen LogP contribution in [0.25, 0.3) is 10.8 Å². The Bertz CT molecular complexity index is 993. The van der Waals surface area contributed by atoms with Gasteiger partial charge < -0.3 is 9.26 Å². The van der Waals surface area contributed by atoms with Crippen molar-refractivity contribution in [1.29, 1.82) is 0 Å². The smallest absolute Gasteiger partial charge is 0.359 e. The lowest BCUT2D eigenvalue weighted by Gasteiger charge is -2.10. The molecule has 1 aromatic carbocycles. The highest BCUT2D eigenvalue weighted by atomic mass is 16.6. The van der Waals surface area contributed by atoms with Crippen molar-refractivity contribution in [3.05, 3.63) is 52.0 Å². The normalized spacial score (nSPS) is 11.0. The Balaban J connectivity index is 1.88. The molecule has 0 atom stereocenters. The lowest BCUT2D eigenvalue weighted by atomic mass is 10.1. The maximum atomic E-state index is 12.6. The van der Waals surface area contributed by atoms with E-state index in [-0.39, 0.29) is 23.8 Å². The van der Waals surface area contributed by atoms with E-state index in [0.717, 1.165) is 19.3 Å². The second-order valence-corrected chi connectivity index (χ2v) is 6.16. The lowest BCUT2D eigenvalue weighted by Crippen LogP contribution is -2.26. The number of unbranched alkanes of at least 4 members (excludes halogenated alkanes) is 2. The van der Waals surface area contributed by atoms with Gasteiger partial charge in [-0.05, 0) is 12.5 Å². The summed E-state index contributed by atoms with van der Waals surface area (Å²) in [5, 5.41) is 8.95. The number of carbonyl (C=O) groups is 1. The van der Waals surface area contributed by atoms with Gasteiger partial charge in [-0.25, -0.2) is 9.48 Å². The molecule has 3 rings (SSSR count). The predicted octanol–water partition coefficient (Wildman–Crippen LogP) is 2.89. The maximum absolute atomic E-state index is 12.6. The SMILES string of the molecule is CCCCCn1nc(C(=O)OCc2nc(CC)no2)c2ccccc2c1=O. The highest BCUT2D eigenvalue weighted by Crippen LogP contribution is 2.15. The van der Waals surface area contributed by atoms with E-state index < -0.39 is 5.97 Å². The van der Waals surface area contributed by atoms with Crippen LogP contribution in [0.2, 0.25) is 0 Å². The Hall–Kier alpha value is -3.03. The van der Waals surface area contributed by atoms with Crippen molar-refractivity contribution in [3.63, 3.8) is 0 Å². The Morgan fingerprint density at radius 2 is 1.96 bits per heavy atom. The van der Waals surface area contributed by atoms with E-state index in [1.165, 1.54) is 4.68 Å². The van der Waals surface area contributed by atoms with Gasteiger partial charge in [0.25, 0.3) is 11.4 Å². The number of rotatable bonds is 8. The molecule has 0 aliphatic heterocycles. The van der Waals surface area contributed by atoms with Gasteiger partial charge in [-0.3, -0.25) is 4.79 Å². The second kappa shape index (κ2) is 8.57. The van der Waals surface area contributed by atoms with E-state index in [1.807, 2.05) is 6.92 Å². The highest BCUT2D eigenvalue weighted by molar-refractivity contribution is 6.02. The Morgan fingerprint density at radius 3 is 2.67 bits per heavy atom. The van der Waals surface area contributed by atoms with Gasteiger partial charge in [0.05, 0.1) is 5.39 Å². The second-order valence-electron chi connectivity index (χ2n) is 6.16. The van der Waals surface area contributed by atoms with E-state index in [4.69, 9.17) is 9.26 Å². The van der Waals surface area contributed by atoms with Crippen LogP contribution in [0, 0.1) is 0 Å². The van der Waals surface area contributed by atoms with Crippen LogP contribution >= 0.6 is 0 Å². The molecule has 0 saturated carbocycles. The zero-order chi connectivity index (χ0) is 19.2. The molecule has 0 unspecified atom stereocenters. The summed E-state index contributed by atoms with van der Waals surface area (Å²) in [6.07, 6.45) is 3.46. The van der Waals surface area contributed by atoms with Crippen LogP contribution in [0.5, 0.6) is 0 Å². The summed E-state index contributed by atoms with van der Waals surface area (Å²) in [4.78, 5) is 29.3. The monoisotopic (exact) mass is 370 g/mol. The minimum absolute atomic E-state index is 0.108. The Morgan fingerprint density at radius 1 is 1.19 bits per heavy atom. The van der Waals surface area contributed by atoms with Crippen molar-refractivity contribution in [1.82, 2.24) is 19.9 Å². The molecule has 2 aromatic heterocycles. The molecule has 2 heterocycles. The van der Waals surface area contributed by atoms with Crippen molar-refractivity contribution in [3.8, 4) is 0 Å². The first-order valence-corrected chi connectivity index (χ1v) is 9.12. The first-order chi connectivity index (χ1) is 13.1. The van der Waals surface area contributed by atoms with Gasteiger partial charge in [-0.1, -0.05) is 50.0 Å². The maximum Gasteiger partial charge on any atom is 0.359 e. The summed E-state index contributed by atoms with van der Waals surface area (Å²) >= 11 is 0. The van der Waals surface area contributed by atoms with Crippen molar-refractivity contribution >= 4 is 16.7 Å². The standard InChI is InChI=1S/C19H22N4O4/c1-3-5-8-11-23-18(24)14-10-7-6-9-13(14)17(21-23)19(25)26-12-16-20-15(4-2)22-27-16/h6-7,9-10H,3-5,8,11-12H2,1-2H3. The van der Waals surface area contributed by atoms with Crippen LogP contribution < -0.4 is 5.56 Å². The molecule has 0 fully saturated rings. The number of carbonyl (C=O) groups excluding carboxylic acids is 1. The van der Waals surface area contributed by atoms with Gasteiger partial charge in [0.2, 0.25) is 0 Å². The van der Waals surface area contributed by atoms with Crippen LogP contribution in [-0.2, 0) is 24.3 Å². The molecule has 3 aromatic rings. The van der Waals surface area contributed by atoms with Gasteiger partial charge in [-0.2, -0.15) is 10.1 Å². The van der Waals surface area contributed by atoms with Crippen molar-refractivity contribution < 1.29 is 14.1 Å². The zero-order valence-corrected chi connectivity index (χ0v) is 15.5. The Labute approximate surface area is 156 Å². The molecule has 27 heavy (non-hydrogen) atoms. The summed E-state index contributed by atoms with van der Waals surface area (Å²) in [5.41, 5.74) is -0.0975. The molecule has 0 radical (unpaired) electrons. The van der Waals surface area contributed by atoms with Crippen molar-refractivity contribution in [2.45, 2.75) is 52.7 Å². The Kier molecular flexibility index (Phi) is 5.95. The lowest BCUT2D eigenvalue weighted by molar-refractivity contribution is 0.0422. The number of aryl methyl sites for hydroxylation is 2. The molecular weight excluding hydrogens is 348 g/mol. The minimum Gasteiger partial charge on any atom is -0.451 e. The third-order valence-corrected chi connectivity index (χ3v) is 4.19. The molecule has 0 amide bonds. The molecule has 0 aliphatic rings. The molecule has 8 heteroatoms. The van der Waals surface area contributed by atoms with Gasteiger partial charge in [0, 0.05) is 18.4 Å². The van der Waals surface area contributed by atoms with Crippen LogP contribution in [-0.4, -0.2) is 25.9 Å². The van der Waals surface area contributed by atoms with E-state index in [0.29, 0.717) is 29.6 Å². The van der Waals surface area contributed by atoms with E-state index in [2.05, 4.69) is 22.2 Å². The summed E-state index contributed by atoms with van der Waals surface area (Å²) in [6.45, 7) is 4.30. The van der Waals surface area contributed by atoms with E-state index >= 15 is 0 Å². The van der Waals surface area contributed by atoms with Crippen LogP contribution in [0.3, 0.4) is 0 Å². The summed E-state index contributed by atoms with van der Waals surface area (Å²) < 4.78 is 11.7. The number of fused-ring (bicyclic) bond motifs is 1. The van der Waals surface area contributed by atoms with Crippen molar-refractivity contribution in [2.75, 3.05) is 0 Å². The fraction of sp³-hybridized carbons (Fsp3) is 0.421. The number of benzene rings is 1. The summed E-state index contributed by atoms with van der Waals surface area (Å²) in [7, 11) is 0. The number of ether oxygens (including phenoxy) is 1. The predicted molar refractivity (Wildman–Crippen MR) is 98.3 cm³/mol. The van der Waals surface area contributed by atoms with Crippen molar-refractivity contribution in [2.24, 2.45) is 0 Å². The van der Waals surface area contributed by atoms with Gasteiger partial charge >= 0.3 is 5.97 Å². The van der Waals surface area contributed by atoms with Gasteiger partial charge in [0.15, 0.2) is 18.1 Å². The van der Waals surface area contributed by atoms with Gasteiger partial charge in [0.1, 0.15) is 0 Å². The number of hydrogen-bond acceptors (Lipinski definition) is 7. The fourth-order valence-corrected chi connectivity index (χ4v) is 2.74.